The second-order valence-corrected chi connectivity index (χ2v) is 8.41. The molecule has 0 spiro atoms. The molecule has 1 amide bonds. The first kappa shape index (κ1) is 22.7. The van der Waals surface area contributed by atoms with Crippen molar-refractivity contribution >= 4 is 39.2 Å². The number of fused-ring (bicyclic) bond motifs is 1. The third-order valence-electron chi connectivity index (χ3n) is 4.97. The Hall–Kier alpha value is -3.00. The van der Waals surface area contributed by atoms with E-state index in [1.807, 2.05) is 18.2 Å². The smallest absolute Gasteiger partial charge is 0.307 e. The lowest BCUT2D eigenvalue weighted by Crippen LogP contribution is -2.29. The molecule has 8 heteroatoms. The summed E-state index contributed by atoms with van der Waals surface area (Å²) in [4.78, 5) is 36.4. The van der Waals surface area contributed by atoms with E-state index in [0.717, 1.165) is 27.2 Å². The number of amides is 1. The summed E-state index contributed by atoms with van der Waals surface area (Å²) in [6.45, 7) is 5.21. The van der Waals surface area contributed by atoms with E-state index in [-0.39, 0.29) is 18.3 Å². The fraction of sp³-hybridized carbons (Fsp3) is 0.391. The number of nitrogens with zero attached hydrogens (tertiary/aromatic N) is 3. The Morgan fingerprint density at radius 1 is 1.16 bits per heavy atom. The predicted octanol–water partition coefficient (Wildman–Crippen LogP) is 4.27. The number of carbonyl (C=O) groups is 2. The summed E-state index contributed by atoms with van der Waals surface area (Å²) in [6, 6.07) is 10.2. The molecule has 2 heterocycles. The van der Waals surface area contributed by atoms with Gasteiger partial charge in [0.15, 0.2) is 0 Å². The van der Waals surface area contributed by atoms with Crippen LogP contribution < -0.4 is 5.32 Å². The minimum Gasteiger partial charge on any atom is -0.466 e. The third-order valence-corrected chi connectivity index (χ3v) is 5.98. The maximum atomic E-state index is 12.3. The summed E-state index contributed by atoms with van der Waals surface area (Å²) in [5.74, 6) is 0.517. The van der Waals surface area contributed by atoms with Gasteiger partial charge < -0.3 is 15.0 Å². The largest absolute Gasteiger partial charge is 0.466 e. The van der Waals surface area contributed by atoms with E-state index in [9.17, 15) is 9.59 Å². The standard InChI is InChI=1S/C23H28N4O3S/c1-4-30-19(29)12-14-27(3)18(28)11-8-13-24-22-21-20(17-9-6-5-7-10-17)16(2)31-23(21)26-15-25-22/h5-7,9-10,15H,4,8,11-14H2,1-3H3,(H,24,25,26). The molecule has 0 unspecified atom stereocenters. The van der Waals surface area contributed by atoms with Gasteiger partial charge in [0.05, 0.1) is 18.4 Å². The highest BCUT2D eigenvalue weighted by Crippen LogP contribution is 2.40. The number of hydrogen-bond acceptors (Lipinski definition) is 7. The van der Waals surface area contributed by atoms with Gasteiger partial charge in [0.1, 0.15) is 17.0 Å². The Morgan fingerprint density at radius 2 is 1.94 bits per heavy atom. The van der Waals surface area contributed by atoms with Crippen LogP contribution in [0.2, 0.25) is 0 Å². The van der Waals surface area contributed by atoms with Crippen LogP contribution in [0.15, 0.2) is 36.7 Å². The monoisotopic (exact) mass is 440 g/mol. The lowest BCUT2D eigenvalue weighted by molar-refractivity contribution is -0.143. The SMILES string of the molecule is CCOC(=O)CCN(C)C(=O)CCCNc1ncnc2sc(C)c(-c3ccccc3)c12. The second-order valence-electron chi connectivity index (χ2n) is 7.20. The number of thiophene rings is 1. The summed E-state index contributed by atoms with van der Waals surface area (Å²) in [5.41, 5.74) is 2.29. The summed E-state index contributed by atoms with van der Waals surface area (Å²) in [7, 11) is 1.71. The molecule has 0 atom stereocenters. The molecule has 0 aliphatic rings. The number of hydrogen-bond donors (Lipinski definition) is 1. The third kappa shape index (κ3) is 5.79. The zero-order valence-corrected chi connectivity index (χ0v) is 19.0. The van der Waals surface area contributed by atoms with Crippen molar-refractivity contribution in [2.45, 2.75) is 33.1 Å². The van der Waals surface area contributed by atoms with E-state index in [4.69, 9.17) is 4.74 Å². The Labute approximate surface area is 186 Å². The normalized spacial score (nSPS) is 10.8. The molecule has 0 radical (unpaired) electrons. The Morgan fingerprint density at radius 3 is 2.68 bits per heavy atom. The van der Waals surface area contributed by atoms with Gasteiger partial charge >= 0.3 is 5.97 Å². The highest BCUT2D eigenvalue weighted by Gasteiger charge is 2.17. The van der Waals surface area contributed by atoms with Gasteiger partial charge in [0.25, 0.3) is 0 Å². The summed E-state index contributed by atoms with van der Waals surface area (Å²) < 4.78 is 4.90. The maximum Gasteiger partial charge on any atom is 0.307 e. The van der Waals surface area contributed by atoms with Crippen LogP contribution in [0, 0.1) is 6.92 Å². The van der Waals surface area contributed by atoms with Gasteiger partial charge in [-0.3, -0.25) is 9.59 Å². The van der Waals surface area contributed by atoms with Crippen molar-refractivity contribution in [3.63, 3.8) is 0 Å². The molecule has 164 valence electrons. The predicted molar refractivity (Wildman–Crippen MR) is 124 cm³/mol. The molecule has 1 N–H and O–H groups in total. The first-order chi connectivity index (χ1) is 15.0. The minimum absolute atomic E-state index is 0.00952. The number of esters is 1. The average Bonchev–Trinajstić information content (AvgIpc) is 3.12. The van der Waals surface area contributed by atoms with Gasteiger partial charge in [-0.05, 0) is 25.8 Å². The fourth-order valence-electron chi connectivity index (χ4n) is 3.38. The Balaban J connectivity index is 1.59. The lowest BCUT2D eigenvalue weighted by Gasteiger charge is -2.16. The van der Waals surface area contributed by atoms with E-state index in [0.29, 0.717) is 32.5 Å². The van der Waals surface area contributed by atoms with E-state index in [1.54, 1.807) is 36.5 Å². The van der Waals surface area contributed by atoms with Crippen molar-refractivity contribution in [1.82, 2.24) is 14.9 Å². The van der Waals surface area contributed by atoms with Crippen LogP contribution in [0.5, 0.6) is 0 Å². The molecule has 3 rings (SSSR count). The van der Waals surface area contributed by atoms with E-state index >= 15 is 0 Å². The Bertz CT molecular complexity index is 1040. The van der Waals surface area contributed by atoms with Gasteiger partial charge in [-0.1, -0.05) is 30.3 Å². The van der Waals surface area contributed by atoms with Crippen molar-refractivity contribution < 1.29 is 14.3 Å². The molecule has 0 saturated heterocycles. The topological polar surface area (TPSA) is 84.4 Å². The Kier molecular flexibility index (Phi) is 7.94. The number of carbonyl (C=O) groups excluding carboxylic acids is 2. The molecule has 0 saturated carbocycles. The molecular weight excluding hydrogens is 412 g/mol. The molecule has 7 nitrogen and oxygen atoms in total. The van der Waals surface area contributed by atoms with Crippen LogP contribution in [-0.4, -0.2) is 53.5 Å². The van der Waals surface area contributed by atoms with Gasteiger partial charge in [0.2, 0.25) is 5.91 Å². The highest BCUT2D eigenvalue weighted by atomic mass is 32.1. The van der Waals surface area contributed by atoms with Crippen molar-refractivity contribution in [3.05, 3.63) is 41.5 Å². The molecular formula is C23H28N4O3S. The second kappa shape index (κ2) is 10.9. The molecule has 2 aromatic heterocycles. The lowest BCUT2D eigenvalue weighted by atomic mass is 10.0. The van der Waals surface area contributed by atoms with Crippen LogP contribution >= 0.6 is 11.3 Å². The zero-order chi connectivity index (χ0) is 22.2. The van der Waals surface area contributed by atoms with E-state index < -0.39 is 0 Å². The average molecular weight is 441 g/mol. The summed E-state index contributed by atoms with van der Waals surface area (Å²) in [6.07, 6.45) is 2.85. The van der Waals surface area contributed by atoms with Crippen LogP contribution in [0.25, 0.3) is 21.3 Å². The quantitative estimate of drug-likeness (QED) is 0.374. The molecule has 1 aromatic carbocycles. The van der Waals surface area contributed by atoms with Crippen LogP contribution in [0.4, 0.5) is 5.82 Å². The molecule has 0 bridgehead atoms. The maximum absolute atomic E-state index is 12.3. The number of aryl methyl sites for hydroxylation is 1. The van der Waals surface area contributed by atoms with Gasteiger partial charge in [-0.2, -0.15) is 0 Å². The molecule has 0 aliphatic heterocycles. The highest BCUT2D eigenvalue weighted by molar-refractivity contribution is 7.19. The molecule has 0 aliphatic carbocycles. The number of aromatic nitrogens is 2. The van der Waals surface area contributed by atoms with E-state index in [1.165, 1.54) is 4.88 Å². The van der Waals surface area contributed by atoms with E-state index in [2.05, 4.69) is 34.3 Å². The zero-order valence-electron chi connectivity index (χ0n) is 18.2. The van der Waals surface area contributed by atoms with Crippen molar-refractivity contribution in [3.8, 4) is 11.1 Å². The number of benzene rings is 1. The fourth-order valence-corrected chi connectivity index (χ4v) is 4.40. The van der Waals surface area contributed by atoms with Crippen LogP contribution in [0.3, 0.4) is 0 Å². The number of anilines is 1. The van der Waals surface area contributed by atoms with Crippen molar-refractivity contribution in [2.75, 3.05) is 32.1 Å². The molecule has 3 aromatic rings. The first-order valence-electron chi connectivity index (χ1n) is 10.4. The van der Waals surface area contributed by atoms with Crippen LogP contribution in [0.1, 0.15) is 31.1 Å². The van der Waals surface area contributed by atoms with Crippen molar-refractivity contribution in [2.24, 2.45) is 0 Å². The van der Waals surface area contributed by atoms with Gasteiger partial charge in [0, 0.05) is 37.0 Å². The first-order valence-corrected chi connectivity index (χ1v) is 11.3. The molecule has 0 fully saturated rings. The number of rotatable bonds is 10. The number of nitrogens with one attached hydrogen (secondary N) is 1. The summed E-state index contributed by atoms with van der Waals surface area (Å²) >= 11 is 1.66. The van der Waals surface area contributed by atoms with Gasteiger partial charge in [-0.25, -0.2) is 9.97 Å². The number of ether oxygens (including phenoxy) is 1. The minimum atomic E-state index is -0.281. The molecule has 31 heavy (non-hydrogen) atoms. The van der Waals surface area contributed by atoms with Gasteiger partial charge in [-0.15, -0.1) is 11.3 Å². The van der Waals surface area contributed by atoms with Crippen molar-refractivity contribution in [1.29, 1.82) is 0 Å². The summed E-state index contributed by atoms with van der Waals surface area (Å²) in [5, 5.41) is 4.41. The van der Waals surface area contributed by atoms with Crippen LogP contribution in [-0.2, 0) is 14.3 Å².